The molecule has 0 aliphatic rings. The topological polar surface area (TPSA) is 0 Å². The van der Waals surface area contributed by atoms with Crippen LogP contribution in [0.1, 0.15) is 0 Å². The molecule has 0 aliphatic heterocycles. The first-order valence-electron chi connectivity index (χ1n) is 0. The summed E-state index contributed by atoms with van der Waals surface area (Å²) in [5.74, 6) is 0. The first-order valence-corrected chi connectivity index (χ1v) is 0. The van der Waals surface area contributed by atoms with Crippen molar-refractivity contribution in [3.05, 3.63) is 0 Å². The SMILES string of the molecule is Cl.Cl.Cl.Cl.Cl.Cl.Cl.Cl.[KH].[KH].[KH].[KH].[KH].[KH].[KH].[KH].[KH].[KH].[KH].[KH].[KH].[KH].[KH]. The van der Waals surface area contributed by atoms with Gasteiger partial charge in [-0.3, -0.25) is 0 Å². The Morgan fingerprint density at radius 1 is 0.0870 bits per heavy atom. The third-order valence-electron chi connectivity index (χ3n) is 0. The summed E-state index contributed by atoms with van der Waals surface area (Å²) >= 11 is 0. The second kappa shape index (κ2) is 155. The first-order chi connectivity index (χ1) is 0. The van der Waals surface area contributed by atoms with Crippen molar-refractivity contribution in [1.29, 1.82) is 0 Å². The van der Waals surface area contributed by atoms with Crippen LogP contribution in [-0.4, -0.2) is 771 Å². The molecule has 0 aromatic carbocycles. The monoisotopic (exact) mass is 887 g/mol. The molecule has 0 atom stereocenters. The van der Waals surface area contributed by atoms with Crippen LogP contribution in [0, 0.1) is 0 Å². The Morgan fingerprint density at radius 2 is 0.0870 bits per heavy atom. The molecule has 0 saturated heterocycles. The number of hydrogen-bond acceptors (Lipinski definition) is 0. The summed E-state index contributed by atoms with van der Waals surface area (Å²) in [6.07, 6.45) is 0. The molecule has 0 bridgehead atoms. The number of rotatable bonds is 0. The number of halogens is 8. The molecular weight excluding hydrogens is 870 g/mol. The van der Waals surface area contributed by atoms with Crippen molar-refractivity contribution in [2.24, 2.45) is 0 Å². The summed E-state index contributed by atoms with van der Waals surface area (Å²) in [6.45, 7) is 0. The Balaban J connectivity index is 0. The molecule has 0 aliphatic carbocycles. The van der Waals surface area contributed by atoms with E-state index in [0.29, 0.717) is 0 Å². The Hall–Kier alpha value is 26.9. The van der Waals surface area contributed by atoms with Gasteiger partial charge in [0.2, 0.25) is 0 Å². The van der Waals surface area contributed by atoms with Crippen LogP contribution in [0.5, 0.6) is 0 Å². The molecule has 0 saturated carbocycles. The molecule has 0 unspecified atom stereocenters. The summed E-state index contributed by atoms with van der Waals surface area (Å²) in [6, 6.07) is 0. The third kappa shape index (κ3) is 149. The average Bonchev–Trinajstić information content (AvgIpc) is 0. The van der Waals surface area contributed by atoms with Gasteiger partial charge in [0, 0.05) is 0 Å². The van der Waals surface area contributed by atoms with Crippen LogP contribution in [0.15, 0.2) is 0 Å². The molecule has 0 amide bonds. The van der Waals surface area contributed by atoms with E-state index >= 15 is 0 Å². The molecule has 0 rings (SSSR count). The molecule has 0 nitrogen and oxygen atoms in total. The van der Waals surface area contributed by atoms with Crippen LogP contribution in [-0.2, 0) is 0 Å². The molecular formula is H23Cl8K15. The van der Waals surface area contributed by atoms with Crippen molar-refractivity contribution in [3.63, 3.8) is 0 Å². The van der Waals surface area contributed by atoms with Crippen molar-refractivity contribution in [3.8, 4) is 0 Å². The summed E-state index contributed by atoms with van der Waals surface area (Å²) in [5.41, 5.74) is 0. The van der Waals surface area contributed by atoms with E-state index in [1.807, 2.05) is 0 Å². The fourth-order valence-corrected chi connectivity index (χ4v) is 0. The van der Waals surface area contributed by atoms with E-state index in [0.717, 1.165) is 0 Å². The number of hydrogen-bond donors (Lipinski definition) is 0. The fraction of sp³-hybridized carbons (Fsp3) is 0. The van der Waals surface area contributed by atoms with Crippen LogP contribution < -0.4 is 0 Å². The van der Waals surface area contributed by atoms with E-state index in [-0.39, 0.29) is 870 Å². The van der Waals surface area contributed by atoms with Gasteiger partial charge < -0.3 is 0 Å². The Morgan fingerprint density at radius 3 is 0.0870 bits per heavy atom. The zero-order valence-corrected chi connectivity index (χ0v) is 9.80. The van der Waals surface area contributed by atoms with E-state index in [1.165, 1.54) is 0 Å². The van der Waals surface area contributed by atoms with E-state index < -0.39 is 0 Å². The first kappa shape index (κ1) is 165. The van der Waals surface area contributed by atoms with E-state index in [1.54, 1.807) is 0 Å². The van der Waals surface area contributed by atoms with Crippen molar-refractivity contribution in [2.45, 2.75) is 0 Å². The van der Waals surface area contributed by atoms with Crippen LogP contribution in [0.4, 0.5) is 0 Å². The summed E-state index contributed by atoms with van der Waals surface area (Å²) in [4.78, 5) is 0. The molecule has 0 aromatic rings. The van der Waals surface area contributed by atoms with Gasteiger partial charge >= 0.3 is 771 Å². The predicted molar refractivity (Wildman–Crippen MR) is 165 cm³/mol. The van der Waals surface area contributed by atoms with Gasteiger partial charge in [-0.15, -0.1) is 99.3 Å². The van der Waals surface area contributed by atoms with E-state index in [2.05, 4.69) is 0 Å². The van der Waals surface area contributed by atoms with Gasteiger partial charge in [0.15, 0.2) is 0 Å². The zero-order valence-electron chi connectivity index (χ0n) is 3.27. The fourth-order valence-electron chi connectivity index (χ4n) is 0. The van der Waals surface area contributed by atoms with Gasteiger partial charge in [0.05, 0.1) is 0 Å². The van der Waals surface area contributed by atoms with Crippen molar-refractivity contribution < 1.29 is 0 Å². The van der Waals surface area contributed by atoms with Crippen LogP contribution in [0.2, 0.25) is 0 Å². The second-order valence-corrected chi connectivity index (χ2v) is 0. The van der Waals surface area contributed by atoms with Gasteiger partial charge in [0.25, 0.3) is 0 Å². The quantitative estimate of drug-likeness (QED) is 0.213. The zero-order chi connectivity index (χ0) is 0. The minimum atomic E-state index is 0. The van der Waals surface area contributed by atoms with E-state index in [4.69, 9.17) is 0 Å². The Kier molecular flexibility index (Phi) is 1110. The van der Waals surface area contributed by atoms with Gasteiger partial charge in [-0.2, -0.15) is 0 Å². The molecule has 23 heavy (non-hydrogen) atoms. The molecule has 0 radical (unpaired) electrons. The molecule has 0 heterocycles. The van der Waals surface area contributed by atoms with Crippen molar-refractivity contribution in [2.75, 3.05) is 0 Å². The molecule has 23 heteroatoms. The van der Waals surface area contributed by atoms with Crippen molar-refractivity contribution in [1.82, 2.24) is 0 Å². The van der Waals surface area contributed by atoms with Gasteiger partial charge in [-0.1, -0.05) is 0 Å². The molecule has 0 N–H and O–H groups in total. The van der Waals surface area contributed by atoms with Crippen LogP contribution >= 0.6 is 99.3 Å². The van der Waals surface area contributed by atoms with Crippen LogP contribution in [0.25, 0.3) is 0 Å². The normalized spacial score (nSPS) is 0. The van der Waals surface area contributed by atoms with Crippen molar-refractivity contribution >= 4 is 870 Å². The standard InChI is InChI=1S/8ClH.15K.15H/h8*1H;;;;;;;;;;;;;;;;;;;;;;;;;;;;;;. The Labute approximate surface area is 832 Å². The minimum absolute atomic E-state index is 0. The Bertz CT molecular complexity index is 21.4. The molecule has 0 spiro atoms. The molecule has 0 aromatic heterocycles. The predicted octanol–water partition coefficient (Wildman–Crippen LogP) is -6.35. The third-order valence-corrected chi connectivity index (χ3v) is 0. The van der Waals surface area contributed by atoms with Gasteiger partial charge in [-0.05, 0) is 0 Å². The van der Waals surface area contributed by atoms with Gasteiger partial charge in [0.1, 0.15) is 0 Å². The molecule has 0 fully saturated rings. The van der Waals surface area contributed by atoms with E-state index in [9.17, 15) is 0 Å². The summed E-state index contributed by atoms with van der Waals surface area (Å²) in [7, 11) is 0. The summed E-state index contributed by atoms with van der Waals surface area (Å²) < 4.78 is 0. The van der Waals surface area contributed by atoms with Gasteiger partial charge in [-0.25, -0.2) is 0 Å². The second-order valence-electron chi connectivity index (χ2n) is 0. The average molecular weight is 893 g/mol. The molecule has 94 valence electrons. The maximum absolute atomic E-state index is 0. The van der Waals surface area contributed by atoms with Crippen LogP contribution in [0.3, 0.4) is 0 Å². The summed E-state index contributed by atoms with van der Waals surface area (Å²) in [5, 5.41) is 0. The maximum atomic E-state index is 0.